The molecule has 1 nitrogen and oxygen atoms in total. The fourth-order valence-corrected chi connectivity index (χ4v) is 2.46. The van der Waals surface area contributed by atoms with Crippen LogP contribution in [0.25, 0.3) is 5.69 Å². The molecule has 0 aliphatic heterocycles. The lowest BCUT2D eigenvalue weighted by atomic mass is 9.91. The summed E-state index contributed by atoms with van der Waals surface area (Å²) in [6, 6.07) is 15.2. The summed E-state index contributed by atoms with van der Waals surface area (Å²) in [5.74, 6) is 0. The van der Waals surface area contributed by atoms with Gasteiger partial charge in [-0.15, -0.1) is 0 Å². The van der Waals surface area contributed by atoms with Crippen LogP contribution in [0.1, 0.15) is 52.9 Å². The molecule has 102 valence electrons. The van der Waals surface area contributed by atoms with Crippen molar-refractivity contribution < 1.29 is 0 Å². The Bertz CT molecular complexity index is 516. The highest BCUT2D eigenvalue weighted by Crippen LogP contribution is 2.33. The van der Waals surface area contributed by atoms with Gasteiger partial charge in [-0.3, -0.25) is 0 Å². The second kappa shape index (κ2) is 4.56. The number of rotatable bonds is 1. The van der Waals surface area contributed by atoms with E-state index in [4.69, 9.17) is 0 Å². The first-order valence-corrected chi connectivity index (χ1v) is 6.99. The van der Waals surface area contributed by atoms with E-state index in [-0.39, 0.29) is 10.8 Å². The third kappa shape index (κ3) is 2.75. The van der Waals surface area contributed by atoms with E-state index in [0.29, 0.717) is 0 Å². The molecule has 0 spiro atoms. The van der Waals surface area contributed by atoms with Crippen molar-refractivity contribution >= 4 is 0 Å². The molecule has 0 amide bonds. The zero-order valence-corrected chi connectivity index (χ0v) is 13.0. The zero-order chi connectivity index (χ0) is 14.3. The summed E-state index contributed by atoms with van der Waals surface area (Å²) in [5, 5.41) is 0. The molecule has 19 heavy (non-hydrogen) atoms. The smallest absolute Gasteiger partial charge is 0.0455 e. The SMILES string of the molecule is CC(C)(C)c1ccc(C(C)(C)C)n1-c1ccccc1. The molecule has 2 aromatic rings. The molecule has 0 saturated carbocycles. The van der Waals surface area contributed by atoms with E-state index in [1.165, 1.54) is 17.1 Å². The third-order valence-electron chi connectivity index (χ3n) is 3.43. The average Bonchev–Trinajstić information content (AvgIpc) is 2.73. The van der Waals surface area contributed by atoms with Gasteiger partial charge in [0.25, 0.3) is 0 Å². The average molecular weight is 255 g/mol. The Morgan fingerprint density at radius 3 is 1.42 bits per heavy atom. The van der Waals surface area contributed by atoms with Crippen LogP contribution in [0.2, 0.25) is 0 Å². The van der Waals surface area contributed by atoms with Gasteiger partial charge >= 0.3 is 0 Å². The lowest BCUT2D eigenvalue weighted by molar-refractivity contribution is 0.517. The van der Waals surface area contributed by atoms with Gasteiger partial charge in [-0.25, -0.2) is 0 Å². The highest BCUT2D eigenvalue weighted by molar-refractivity contribution is 5.41. The van der Waals surface area contributed by atoms with Crippen LogP contribution in [0, 0.1) is 0 Å². The molecule has 0 N–H and O–H groups in total. The maximum atomic E-state index is 2.42. The van der Waals surface area contributed by atoms with Crippen LogP contribution in [0.15, 0.2) is 42.5 Å². The fraction of sp³-hybridized carbons (Fsp3) is 0.444. The van der Waals surface area contributed by atoms with Crippen LogP contribution in [0.4, 0.5) is 0 Å². The number of benzene rings is 1. The Kier molecular flexibility index (Phi) is 3.34. The van der Waals surface area contributed by atoms with Crippen molar-refractivity contribution in [2.75, 3.05) is 0 Å². The van der Waals surface area contributed by atoms with Crippen molar-refractivity contribution in [2.24, 2.45) is 0 Å². The molecule has 0 unspecified atom stereocenters. The highest BCUT2D eigenvalue weighted by atomic mass is 15.0. The number of nitrogens with zero attached hydrogens (tertiary/aromatic N) is 1. The van der Waals surface area contributed by atoms with Gasteiger partial charge in [0.05, 0.1) is 0 Å². The predicted molar refractivity (Wildman–Crippen MR) is 83.2 cm³/mol. The molecule has 0 saturated heterocycles. The Hall–Kier alpha value is -1.50. The van der Waals surface area contributed by atoms with E-state index in [0.717, 1.165) is 0 Å². The molecular formula is C18H25N. The Morgan fingerprint density at radius 2 is 1.05 bits per heavy atom. The molecule has 2 rings (SSSR count). The van der Waals surface area contributed by atoms with Gasteiger partial charge in [0.1, 0.15) is 0 Å². The maximum Gasteiger partial charge on any atom is 0.0455 e. The van der Waals surface area contributed by atoms with Crippen molar-refractivity contribution in [2.45, 2.75) is 52.4 Å². The topological polar surface area (TPSA) is 4.93 Å². The van der Waals surface area contributed by atoms with Gasteiger partial charge in [-0.1, -0.05) is 59.7 Å². The second-order valence-corrected chi connectivity index (χ2v) is 7.27. The number of para-hydroxylation sites is 1. The summed E-state index contributed by atoms with van der Waals surface area (Å²) in [5.41, 5.74) is 4.26. The number of aromatic nitrogens is 1. The predicted octanol–water partition coefficient (Wildman–Crippen LogP) is 5.07. The zero-order valence-electron chi connectivity index (χ0n) is 13.0. The van der Waals surface area contributed by atoms with Gasteiger partial charge in [0.15, 0.2) is 0 Å². The minimum Gasteiger partial charge on any atom is -0.317 e. The van der Waals surface area contributed by atoms with E-state index >= 15 is 0 Å². The van der Waals surface area contributed by atoms with Crippen LogP contribution in [0.3, 0.4) is 0 Å². The minimum absolute atomic E-state index is 0.138. The highest BCUT2D eigenvalue weighted by Gasteiger charge is 2.26. The first kappa shape index (κ1) is 13.9. The monoisotopic (exact) mass is 255 g/mol. The van der Waals surface area contributed by atoms with Crippen LogP contribution in [-0.4, -0.2) is 4.57 Å². The largest absolute Gasteiger partial charge is 0.317 e. The van der Waals surface area contributed by atoms with Gasteiger partial charge < -0.3 is 4.57 Å². The van der Waals surface area contributed by atoms with Crippen molar-refractivity contribution in [1.82, 2.24) is 4.57 Å². The van der Waals surface area contributed by atoms with Crippen molar-refractivity contribution in [3.05, 3.63) is 53.9 Å². The Labute approximate surface area is 117 Å². The van der Waals surface area contributed by atoms with E-state index in [2.05, 4.69) is 88.6 Å². The lowest BCUT2D eigenvalue weighted by Gasteiger charge is -2.27. The van der Waals surface area contributed by atoms with Gasteiger partial charge in [-0.2, -0.15) is 0 Å². The Balaban J connectivity index is 2.71. The summed E-state index contributed by atoms with van der Waals surface area (Å²) in [7, 11) is 0. The molecule has 1 heteroatoms. The molecular weight excluding hydrogens is 230 g/mol. The molecule has 1 aromatic carbocycles. The summed E-state index contributed by atoms with van der Waals surface area (Å²) in [6.07, 6.45) is 0. The molecule has 1 aromatic heterocycles. The van der Waals surface area contributed by atoms with E-state index in [1.807, 2.05) is 0 Å². The summed E-state index contributed by atoms with van der Waals surface area (Å²) in [4.78, 5) is 0. The molecule has 0 radical (unpaired) electrons. The van der Waals surface area contributed by atoms with E-state index in [1.54, 1.807) is 0 Å². The van der Waals surface area contributed by atoms with Crippen LogP contribution >= 0.6 is 0 Å². The minimum atomic E-state index is 0.138. The van der Waals surface area contributed by atoms with Crippen molar-refractivity contribution in [3.8, 4) is 5.69 Å². The lowest BCUT2D eigenvalue weighted by Crippen LogP contribution is -2.22. The van der Waals surface area contributed by atoms with Crippen LogP contribution in [0.5, 0.6) is 0 Å². The maximum absolute atomic E-state index is 2.42. The van der Waals surface area contributed by atoms with Crippen molar-refractivity contribution in [3.63, 3.8) is 0 Å². The second-order valence-electron chi connectivity index (χ2n) is 7.27. The summed E-state index contributed by atoms with van der Waals surface area (Å²) in [6.45, 7) is 13.6. The molecule has 0 atom stereocenters. The van der Waals surface area contributed by atoms with Crippen LogP contribution < -0.4 is 0 Å². The molecule has 1 heterocycles. The van der Waals surface area contributed by atoms with Gasteiger partial charge in [0, 0.05) is 27.9 Å². The summed E-state index contributed by atoms with van der Waals surface area (Å²) < 4.78 is 2.42. The molecule has 0 bridgehead atoms. The standard InChI is InChI=1S/C18H25N/c1-17(2,3)15-12-13-16(18(4,5)6)19(15)14-10-8-7-9-11-14/h7-13H,1-6H3. The van der Waals surface area contributed by atoms with Gasteiger partial charge in [0.2, 0.25) is 0 Å². The summed E-state index contributed by atoms with van der Waals surface area (Å²) >= 11 is 0. The van der Waals surface area contributed by atoms with E-state index in [9.17, 15) is 0 Å². The first-order valence-electron chi connectivity index (χ1n) is 6.99. The number of hydrogen-bond donors (Lipinski definition) is 0. The van der Waals surface area contributed by atoms with Crippen molar-refractivity contribution in [1.29, 1.82) is 0 Å². The Morgan fingerprint density at radius 1 is 0.632 bits per heavy atom. The normalized spacial score (nSPS) is 12.7. The number of hydrogen-bond acceptors (Lipinski definition) is 0. The first-order chi connectivity index (χ1) is 8.71. The molecule has 0 fully saturated rings. The molecule has 0 aliphatic carbocycles. The van der Waals surface area contributed by atoms with Crippen LogP contribution in [-0.2, 0) is 10.8 Å². The fourth-order valence-electron chi connectivity index (χ4n) is 2.46. The third-order valence-corrected chi connectivity index (χ3v) is 3.43. The van der Waals surface area contributed by atoms with Gasteiger partial charge in [-0.05, 0) is 24.3 Å². The quantitative estimate of drug-likeness (QED) is 0.670. The molecule has 0 aliphatic rings. The van der Waals surface area contributed by atoms with E-state index < -0.39 is 0 Å².